The van der Waals surface area contributed by atoms with E-state index in [-0.39, 0.29) is 23.3 Å². The van der Waals surface area contributed by atoms with Crippen molar-refractivity contribution in [3.05, 3.63) is 65.7 Å². The van der Waals surface area contributed by atoms with Gasteiger partial charge in [0.1, 0.15) is 5.75 Å². The Morgan fingerprint density at radius 2 is 1.86 bits per heavy atom. The molecule has 2 aromatic rings. The van der Waals surface area contributed by atoms with Crippen molar-refractivity contribution in [1.82, 2.24) is 4.90 Å². The molecule has 29 heavy (non-hydrogen) atoms. The Labute approximate surface area is 173 Å². The van der Waals surface area contributed by atoms with Gasteiger partial charge in [0.25, 0.3) is 0 Å². The smallest absolute Gasteiger partial charge is 0.308 e. The second kappa shape index (κ2) is 8.99. The number of carbonyl (C=O) groups is 1. The molecule has 0 aromatic heterocycles. The van der Waals surface area contributed by atoms with E-state index in [0.717, 1.165) is 12.0 Å². The Bertz CT molecular complexity index is 940. The van der Waals surface area contributed by atoms with E-state index in [2.05, 4.69) is 26.0 Å². The number of carbonyl (C=O) groups excluding carboxylic acids is 1. The van der Waals surface area contributed by atoms with Crippen LogP contribution in [0.3, 0.4) is 0 Å². The maximum Gasteiger partial charge on any atom is 0.308 e. The molecule has 0 radical (unpaired) electrons. The Hall–Kier alpha value is -2.34. The Morgan fingerprint density at radius 3 is 2.52 bits per heavy atom. The molecule has 1 fully saturated rings. The number of nitrogens with zero attached hydrogens (tertiary/aromatic N) is 1. The lowest BCUT2D eigenvalue weighted by Gasteiger charge is -2.25. The molecular weight excluding hydrogens is 386 g/mol. The summed E-state index contributed by atoms with van der Waals surface area (Å²) in [4.78, 5) is 15.1. The molecule has 6 heteroatoms. The van der Waals surface area contributed by atoms with Crippen molar-refractivity contribution < 1.29 is 17.4 Å². The lowest BCUT2D eigenvalue weighted by molar-refractivity contribution is -0.133. The highest BCUT2D eigenvalue weighted by atomic mass is 32.2. The first-order valence-electron chi connectivity index (χ1n) is 10.1. The predicted molar refractivity (Wildman–Crippen MR) is 114 cm³/mol. The standard InChI is InChI=1S/C23H29NO4S/c1-4-29(26,27)28-20-12-8-9-18(13-20)16-24(15-17(2)3)23(25)22-14-21(22)19-10-6-5-7-11-19/h5-13,17,21-22H,4,14-16H2,1-3H3/t21-,22+/m0/s1. The van der Waals surface area contributed by atoms with Crippen molar-refractivity contribution in [1.29, 1.82) is 0 Å². The summed E-state index contributed by atoms with van der Waals surface area (Å²) in [5.74, 6) is 1.03. The zero-order valence-electron chi connectivity index (χ0n) is 17.2. The van der Waals surface area contributed by atoms with E-state index in [1.165, 1.54) is 5.56 Å². The summed E-state index contributed by atoms with van der Waals surface area (Å²) in [5, 5.41) is 0. The highest BCUT2D eigenvalue weighted by molar-refractivity contribution is 7.87. The molecule has 156 valence electrons. The molecular formula is C23H29NO4S. The monoisotopic (exact) mass is 415 g/mol. The van der Waals surface area contributed by atoms with Gasteiger partial charge in [-0.05, 0) is 48.4 Å². The summed E-state index contributed by atoms with van der Waals surface area (Å²) >= 11 is 0. The Kier molecular flexibility index (Phi) is 6.63. The van der Waals surface area contributed by atoms with Crippen LogP contribution in [0.25, 0.3) is 0 Å². The molecule has 3 rings (SSSR count). The second-order valence-corrected chi connectivity index (χ2v) is 9.91. The van der Waals surface area contributed by atoms with E-state index in [4.69, 9.17) is 4.18 Å². The van der Waals surface area contributed by atoms with Gasteiger partial charge in [-0.1, -0.05) is 56.3 Å². The van der Waals surface area contributed by atoms with Crippen molar-refractivity contribution in [2.75, 3.05) is 12.3 Å². The van der Waals surface area contributed by atoms with E-state index in [1.54, 1.807) is 25.1 Å². The molecule has 1 saturated carbocycles. The topological polar surface area (TPSA) is 63.7 Å². The van der Waals surface area contributed by atoms with Gasteiger partial charge in [0.05, 0.1) is 5.75 Å². The molecule has 0 heterocycles. The summed E-state index contributed by atoms with van der Waals surface area (Å²) in [6, 6.07) is 17.2. The maximum atomic E-state index is 13.2. The first kappa shape index (κ1) is 21.4. The number of benzene rings is 2. The fraction of sp³-hybridized carbons (Fsp3) is 0.435. The Morgan fingerprint density at radius 1 is 1.14 bits per heavy atom. The van der Waals surface area contributed by atoms with Crippen LogP contribution in [0, 0.1) is 11.8 Å². The summed E-state index contributed by atoms with van der Waals surface area (Å²) in [6.07, 6.45) is 0.884. The van der Waals surface area contributed by atoms with Crippen LogP contribution in [-0.2, 0) is 21.5 Å². The van der Waals surface area contributed by atoms with Crippen LogP contribution < -0.4 is 4.18 Å². The minimum atomic E-state index is -3.58. The van der Waals surface area contributed by atoms with Crippen molar-refractivity contribution in [2.45, 2.75) is 39.7 Å². The first-order chi connectivity index (χ1) is 13.8. The van der Waals surface area contributed by atoms with Crippen molar-refractivity contribution in [2.24, 2.45) is 11.8 Å². The number of hydrogen-bond donors (Lipinski definition) is 0. The van der Waals surface area contributed by atoms with Crippen molar-refractivity contribution >= 4 is 16.0 Å². The minimum absolute atomic E-state index is 0.0241. The van der Waals surface area contributed by atoms with E-state index in [9.17, 15) is 13.2 Å². The second-order valence-electron chi connectivity index (χ2n) is 8.05. The van der Waals surface area contributed by atoms with Crippen LogP contribution >= 0.6 is 0 Å². The minimum Gasteiger partial charge on any atom is -0.382 e. The van der Waals surface area contributed by atoms with Gasteiger partial charge in [-0.3, -0.25) is 4.79 Å². The summed E-state index contributed by atoms with van der Waals surface area (Å²) in [6.45, 7) is 6.83. The number of amides is 1. The lowest BCUT2D eigenvalue weighted by Crippen LogP contribution is -2.35. The van der Waals surface area contributed by atoms with Gasteiger partial charge in [-0.15, -0.1) is 0 Å². The molecule has 1 aliphatic carbocycles. The molecule has 0 spiro atoms. The molecule has 0 unspecified atom stereocenters. The molecule has 0 saturated heterocycles. The van der Waals surface area contributed by atoms with Crippen LogP contribution in [0.1, 0.15) is 44.2 Å². The van der Waals surface area contributed by atoms with Gasteiger partial charge < -0.3 is 9.08 Å². The molecule has 2 atom stereocenters. The molecule has 1 aliphatic rings. The third-order valence-electron chi connectivity index (χ3n) is 5.08. The van der Waals surface area contributed by atoms with Crippen molar-refractivity contribution in [3.8, 4) is 5.75 Å². The highest BCUT2D eigenvalue weighted by Crippen LogP contribution is 2.48. The van der Waals surface area contributed by atoms with E-state index in [1.807, 2.05) is 29.2 Å². The average Bonchev–Trinajstić information content (AvgIpc) is 3.48. The van der Waals surface area contributed by atoms with Crippen LogP contribution in [-0.4, -0.2) is 31.5 Å². The molecule has 5 nitrogen and oxygen atoms in total. The van der Waals surface area contributed by atoms with E-state index >= 15 is 0 Å². The van der Waals surface area contributed by atoms with Crippen LogP contribution in [0.5, 0.6) is 5.75 Å². The van der Waals surface area contributed by atoms with Gasteiger partial charge in [0.2, 0.25) is 5.91 Å². The van der Waals surface area contributed by atoms with E-state index < -0.39 is 10.1 Å². The first-order valence-corrected chi connectivity index (χ1v) is 11.7. The Balaban J connectivity index is 1.72. The summed E-state index contributed by atoms with van der Waals surface area (Å²) in [5.41, 5.74) is 2.08. The normalized spacial score (nSPS) is 18.5. The third kappa shape index (κ3) is 5.82. The zero-order valence-corrected chi connectivity index (χ0v) is 18.1. The molecule has 0 N–H and O–H groups in total. The summed E-state index contributed by atoms with van der Waals surface area (Å²) < 4.78 is 28.6. The maximum absolute atomic E-state index is 13.2. The van der Waals surface area contributed by atoms with Gasteiger partial charge in [-0.25, -0.2) is 0 Å². The highest BCUT2D eigenvalue weighted by Gasteiger charge is 2.45. The van der Waals surface area contributed by atoms with Crippen LogP contribution in [0.15, 0.2) is 54.6 Å². The van der Waals surface area contributed by atoms with Gasteiger partial charge >= 0.3 is 10.1 Å². The SMILES string of the molecule is CCS(=O)(=O)Oc1cccc(CN(CC(C)C)C(=O)[C@@H]2C[C@H]2c2ccccc2)c1. The zero-order chi connectivity index (χ0) is 21.0. The predicted octanol–water partition coefficient (Wildman–Crippen LogP) is 4.20. The van der Waals surface area contributed by atoms with Crippen LogP contribution in [0.2, 0.25) is 0 Å². The lowest BCUT2D eigenvalue weighted by atomic mass is 10.1. The fourth-order valence-corrected chi connectivity index (χ4v) is 4.08. The molecule has 0 bridgehead atoms. The van der Waals surface area contributed by atoms with Gasteiger partial charge in [-0.2, -0.15) is 8.42 Å². The number of hydrogen-bond acceptors (Lipinski definition) is 4. The van der Waals surface area contributed by atoms with E-state index in [0.29, 0.717) is 24.9 Å². The van der Waals surface area contributed by atoms with Crippen LogP contribution in [0.4, 0.5) is 0 Å². The molecule has 0 aliphatic heterocycles. The molecule has 2 aromatic carbocycles. The largest absolute Gasteiger partial charge is 0.382 e. The fourth-order valence-electron chi connectivity index (χ4n) is 3.57. The quantitative estimate of drug-likeness (QED) is 0.576. The van der Waals surface area contributed by atoms with Gasteiger partial charge in [0, 0.05) is 19.0 Å². The summed E-state index contributed by atoms with van der Waals surface area (Å²) in [7, 11) is -3.58. The van der Waals surface area contributed by atoms with Gasteiger partial charge in [0.15, 0.2) is 0 Å². The third-order valence-corrected chi connectivity index (χ3v) is 6.23. The van der Waals surface area contributed by atoms with Crippen molar-refractivity contribution in [3.63, 3.8) is 0 Å². The number of rotatable bonds is 9. The average molecular weight is 416 g/mol. The molecule has 1 amide bonds.